The summed E-state index contributed by atoms with van der Waals surface area (Å²) in [5.74, 6) is 5.48. The number of urea groups is 1. The summed E-state index contributed by atoms with van der Waals surface area (Å²) in [7, 11) is 0. The third kappa shape index (κ3) is 4.59. The highest BCUT2D eigenvalue weighted by molar-refractivity contribution is 5.93. The molecule has 35 heavy (non-hydrogen) atoms. The number of carbonyl (C=O) groups excluding carboxylic acids is 2. The van der Waals surface area contributed by atoms with Crippen molar-refractivity contribution in [3.05, 3.63) is 95.6 Å². The molecule has 2 saturated heterocycles. The summed E-state index contributed by atoms with van der Waals surface area (Å²) in [5.41, 5.74) is 3.10. The van der Waals surface area contributed by atoms with Crippen LogP contribution < -0.4 is 5.32 Å². The van der Waals surface area contributed by atoms with Crippen LogP contribution in [0, 0.1) is 17.7 Å². The first kappa shape index (κ1) is 22.6. The molecule has 3 aromatic rings. The number of amides is 3. The van der Waals surface area contributed by atoms with Gasteiger partial charge in [0.15, 0.2) is 0 Å². The molecule has 0 bridgehead atoms. The molecule has 8 heteroatoms. The zero-order valence-corrected chi connectivity index (χ0v) is 18.8. The molecule has 2 aromatic carbocycles. The van der Waals surface area contributed by atoms with Crippen LogP contribution in [0.4, 0.5) is 14.9 Å². The van der Waals surface area contributed by atoms with Gasteiger partial charge in [0, 0.05) is 41.7 Å². The summed E-state index contributed by atoms with van der Waals surface area (Å²) in [6, 6.07) is 15.9. The maximum Gasteiger partial charge on any atom is 0.322 e. The van der Waals surface area contributed by atoms with Crippen LogP contribution in [0.5, 0.6) is 0 Å². The molecule has 0 radical (unpaired) electrons. The number of anilines is 1. The fourth-order valence-electron chi connectivity index (χ4n) is 4.76. The molecule has 3 atom stereocenters. The average Bonchev–Trinajstić information content (AvgIpc) is 2.86. The molecule has 0 saturated carbocycles. The monoisotopic (exact) mass is 470 g/mol. The average molecular weight is 471 g/mol. The van der Waals surface area contributed by atoms with E-state index in [-0.39, 0.29) is 37.1 Å². The van der Waals surface area contributed by atoms with Crippen LogP contribution in [0.25, 0.3) is 0 Å². The van der Waals surface area contributed by atoms with Gasteiger partial charge in [-0.3, -0.25) is 9.78 Å². The highest BCUT2D eigenvalue weighted by Crippen LogP contribution is 2.43. The van der Waals surface area contributed by atoms with Gasteiger partial charge < -0.3 is 20.2 Å². The van der Waals surface area contributed by atoms with E-state index in [0.717, 1.165) is 16.7 Å². The Hall–Kier alpha value is -4.22. The van der Waals surface area contributed by atoms with Crippen LogP contribution in [-0.4, -0.2) is 63.6 Å². The summed E-state index contributed by atoms with van der Waals surface area (Å²) >= 11 is 0. The Morgan fingerprint density at radius 2 is 1.83 bits per heavy atom. The molecular formula is C27H23FN4O3. The van der Waals surface area contributed by atoms with Crippen LogP contribution in [0.2, 0.25) is 0 Å². The Bertz CT molecular complexity index is 1290. The van der Waals surface area contributed by atoms with Gasteiger partial charge in [0.1, 0.15) is 12.4 Å². The SMILES string of the molecule is O=C(Nc1ccc(F)cc1)N1CC(=O)N2[C@H](C1)[C@H](c1ccc(C#Cc3cccnc3)cc1)[C@@H]2CO. The lowest BCUT2D eigenvalue weighted by Crippen LogP contribution is -2.73. The second-order valence-corrected chi connectivity index (χ2v) is 8.58. The third-order valence-corrected chi connectivity index (χ3v) is 6.44. The number of nitrogens with one attached hydrogen (secondary N) is 1. The fraction of sp³-hybridized carbons (Fsp3) is 0.222. The number of carbonyl (C=O) groups is 2. The Morgan fingerprint density at radius 1 is 1.09 bits per heavy atom. The number of piperazine rings is 1. The largest absolute Gasteiger partial charge is 0.394 e. The summed E-state index contributed by atoms with van der Waals surface area (Å²) in [6.07, 6.45) is 3.40. The quantitative estimate of drug-likeness (QED) is 0.577. The minimum atomic E-state index is -0.420. The van der Waals surface area contributed by atoms with E-state index >= 15 is 0 Å². The standard InChI is InChI=1S/C27H23FN4O3/c28-21-9-11-22(12-10-21)30-27(35)31-15-23-26(24(17-33)32(23)25(34)16-31)20-7-5-18(6-8-20)3-4-19-2-1-13-29-14-19/h1-2,5-14,23-24,26,33H,15-17H2,(H,30,35)/t23-,24+,26+/m1/s1. The lowest BCUT2D eigenvalue weighted by Gasteiger charge is -2.58. The lowest BCUT2D eigenvalue weighted by atomic mass is 9.73. The molecule has 2 N–H and O–H groups in total. The highest BCUT2D eigenvalue weighted by atomic mass is 19.1. The Morgan fingerprint density at radius 3 is 2.51 bits per heavy atom. The highest BCUT2D eigenvalue weighted by Gasteiger charge is 2.54. The first-order chi connectivity index (χ1) is 17.0. The van der Waals surface area contributed by atoms with Crippen molar-refractivity contribution in [2.75, 3.05) is 25.0 Å². The third-order valence-electron chi connectivity index (χ3n) is 6.44. The minimum Gasteiger partial charge on any atom is -0.394 e. The predicted octanol–water partition coefficient (Wildman–Crippen LogP) is 2.82. The Kier molecular flexibility index (Phi) is 6.17. The lowest BCUT2D eigenvalue weighted by molar-refractivity contribution is -0.159. The normalized spacial score (nSPS) is 20.9. The number of aromatic nitrogens is 1. The van der Waals surface area contributed by atoms with Crippen LogP contribution in [0.3, 0.4) is 0 Å². The van der Waals surface area contributed by atoms with Gasteiger partial charge in [-0.15, -0.1) is 0 Å². The number of fused-ring (bicyclic) bond motifs is 1. The molecule has 2 fully saturated rings. The van der Waals surface area contributed by atoms with Gasteiger partial charge >= 0.3 is 6.03 Å². The van der Waals surface area contributed by atoms with Crippen LogP contribution in [0.15, 0.2) is 73.1 Å². The van der Waals surface area contributed by atoms with Crippen molar-refractivity contribution in [1.29, 1.82) is 0 Å². The topological polar surface area (TPSA) is 85.8 Å². The summed E-state index contributed by atoms with van der Waals surface area (Å²) in [4.78, 5) is 32.8. The van der Waals surface area contributed by atoms with Crippen molar-refractivity contribution < 1.29 is 19.1 Å². The number of nitrogens with zero attached hydrogens (tertiary/aromatic N) is 3. The van der Waals surface area contributed by atoms with Crippen LogP contribution in [0.1, 0.15) is 22.6 Å². The van der Waals surface area contributed by atoms with Crippen molar-refractivity contribution >= 4 is 17.6 Å². The zero-order valence-electron chi connectivity index (χ0n) is 18.8. The van der Waals surface area contributed by atoms with Crippen molar-refractivity contribution in [2.24, 2.45) is 0 Å². The molecule has 0 spiro atoms. The second-order valence-electron chi connectivity index (χ2n) is 8.58. The molecule has 7 nitrogen and oxygen atoms in total. The van der Waals surface area contributed by atoms with Crippen molar-refractivity contribution in [1.82, 2.24) is 14.8 Å². The van der Waals surface area contributed by atoms with Crippen LogP contribution >= 0.6 is 0 Å². The number of hydrogen-bond donors (Lipinski definition) is 2. The first-order valence-corrected chi connectivity index (χ1v) is 11.3. The van der Waals surface area contributed by atoms with Crippen LogP contribution in [-0.2, 0) is 4.79 Å². The Balaban J connectivity index is 1.30. The molecule has 0 unspecified atom stereocenters. The van der Waals surface area contributed by atoms with E-state index < -0.39 is 11.8 Å². The van der Waals surface area contributed by atoms with Gasteiger partial charge in [0.05, 0.1) is 18.7 Å². The number of halogens is 1. The molecular weight excluding hydrogens is 447 g/mol. The van der Waals surface area contributed by atoms with Gasteiger partial charge in [-0.2, -0.15) is 0 Å². The van der Waals surface area contributed by atoms with Gasteiger partial charge in [0.2, 0.25) is 5.91 Å². The van der Waals surface area contributed by atoms with Crippen molar-refractivity contribution in [3.8, 4) is 11.8 Å². The molecule has 176 valence electrons. The maximum absolute atomic E-state index is 13.1. The smallest absolute Gasteiger partial charge is 0.322 e. The number of rotatable bonds is 3. The summed E-state index contributed by atoms with van der Waals surface area (Å²) in [6.45, 7) is 0.107. The van der Waals surface area contributed by atoms with E-state index in [0.29, 0.717) is 12.2 Å². The number of benzene rings is 2. The van der Waals surface area contributed by atoms with Gasteiger partial charge in [-0.1, -0.05) is 24.0 Å². The second kappa shape index (κ2) is 9.57. The number of aliphatic hydroxyl groups is 1. The molecule has 3 amide bonds. The van der Waals surface area contributed by atoms with Gasteiger partial charge in [0.25, 0.3) is 0 Å². The molecule has 3 heterocycles. The number of aliphatic hydroxyl groups excluding tert-OH is 1. The van der Waals surface area contributed by atoms with E-state index in [1.54, 1.807) is 17.3 Å². The van der Waals surface area contributed by atoms with Crippen molar-refractivity contribution in [2.45, 2.75) is 18.0 Å². The van der Waals surface area contributed by atoms with E-state index in [2.05, 4.69) is 22.1 Å². The molecule has 2 aliphatic heterocycles. The molecule has 5 rings (SSSR count). The molecule has 0 aliphatic carbocycles. The van der Waals surface area contributed by atoms with E-state index in [1.807, 2.05) is 36.4 Å². The van der Waals surface area contributed by atoms with Gasteiger partial charge in [-0.25, -0.2) is 9.18 Å². The fourth-order valence-corrected chi connectivity index (χ4v) is 4.76. The predicted molar refractivity (Wildman–Crippen MR) is 128 cm³/mol. The van der Waals surface area contributed by atoms with E-state index in [4.69, 9.17) is 0 Å². The molecule has 2 aliphatic rings. The summed E-state index contributed by atoms with van der Waals surface area (Å²) < 4.78 is 13.1. The maximum atomic E-state index is 13.1. The van der Waals surface area contributed by atoms with E-state index in [9.17, 15) is 19.1 Å². The Labute approximate surface area is 202 Å². The number of hydrogen-bond acceptors (Lipinski definition) is 4. The minimum absolute atomic E-state index is 0.0738. The van der Waals surface area contributed by atoms with E-state index in [1.165, 1.54) is 29.2 Å². The number of pyridine rings is 1. The summed E-state index contributed by atoms with van der Waals surface area (Å²) in [5, 5.41) is 12.7. The molecule has 1 aromatic heterocycles. The van der Waals surface area contributed by atoms with Gasteiger partial charge in [-0.05, 0) is 54.1 Å². The zero-order chi connectivity index (χ0) is 24.4. The first-order valence-electron chi connectivity index (χ1n) is 11.3. The van der Waals surface area contributed by atoms with Crippen molar-refractivity contribution in [3.63, 3.8) is 0 Å².